The summed E-state index contributed by atoms with van der Waals surface area (Å²) in [7, 11) is 2.16. The summed E-state index contributed by atoms with van der Waals surface area (Å²) in [5, 5.41) is 9.23. The molecule has 0 unspecified atom stereocenters. The van der Waals surface area contributed by atoms with E-state index in [4.69, 9.17) is 4.98 Å². The normalized spacial score (nSPS) is 16.2. The molecule has 1 aliphatic rings. The second kappa shape index (κ2) is 8.39. The van der Waals surface area contributed by atoms with Crippen molar-refractivity contribution in [1.82, 2.24) is 35.0 Å². The molecule has 0 aliphatic carbocycles. The lowest BCUT2D eigenvalue weighted by Crippen LogP contribution is -2.44. The number of para-hydroxylation sites is 1. The lowest BCUT2D eigenvalue weighted by atomic mass is 10.1. The van der Waals surface area contributed by atoms with Gasteiger partial charge in [-0.05, 0) is 37.8 Å². The molecule has 4 aromatic rings. The first-order valence-corrected chi connectivity index (χ1v) is 10.7. The first-order valence-electron chi connectivity index (χ1n) is 10.7. The fourth-order valence-corrected chi connectivity index (χ4v) is 3.95. The quantitative estimate of drug-likeness (QED) is 0.517. The van der Waals surface area contributed by atoms with E-state index in [1.165, 1.54) is 6.33 Å². The minimum Gasteiger partial charge on any atom is -0.367 e. The third kappa shape index (κ3) is 3.80. The average molecular weight is 427 g/mol. The number of fused-ring (bicyclic) bond motifs is 1. The average Bonchev–Trinajstić information content (AvgIpc) is 3.41. The maximum absolute atomic E-state index is 4.91. The van der Waals surface area contributed by atoms with E-state index in [9.17, 15) is 0 Å². The maximum Gasteiger partial charge on any atom is 0.159 e. The van der Waals surface area contributed by atoms with Crippen molar-refractivity contribution in [1.29, 1.82) is 0 Å². The third-order valence-electron chi connectivity index (χ3n) is 5.97. The van der Waals surface area contributed by atoms with Crippen molar-refractivity contribution < 1.29 is 0 Å². The van der Waals surface area contributed by atoms with Gasteiger partial charge in [0.1, 0.15) is 17.5 Å². The summed E-state index contributed by atoms with van der Waals surface area (Å²) < 4.78 is 0. The van der Waals surface area contributed by atoms with Crippen molar-refractivity contribution in [2.24, 2.45) is 0 Å². The highest BCUT2D eigenvalue weighted by molar-refractivity contribution is 5.91. The number of benzene rings is 1. The Morgan fingerprint density at radius 1 is 1.12 bits per heavy atom. The zero-order valence-electron chi connectivity index (χ0n) is 18.3. The Morgan fingerprint density at radius 2 is 1.91 bits per heavy atom. The zero-order chi connectivity index (χ0) is 22.1. The molecule has 0 atom stereocenters. The SMILES string of the molecule is C=c1c(-c2nc3c(N4CCN(C)CC4)cccc3[nH]2)n[nH]/c1=C/C=C(\C)c1cncnc1. The second-order valence-corrected chi connectivity index (χ2v) is 8.16. The van der Waals surface area contributed by atoms with Crippen LogP contribution in [0.2, 0.25) is 0 Å². The standard InChI is InChI=1S/C24H26N8/c1-16(18-13-25-15-26-14-18)7-8-19-17(2)22(30-29-19)24-27-20-5-4-6-21(23(20)28-24)32-11-9-31(3)10-12-32/h4-8,13-15,29H,2,9-12H2,1,3H3,(H,27,28)/b16-7+,19-8+. The van der Waals surface area contributed by atoms with Gasteiger partial charge in [0, 0.05) is 49.4 Å². The Kier molecular flexibility index (Phi) is 5.28. The topological polar surface area (TPSA) is 89.6 Å². The fourth-order valence-electron chi connectivity index (χ4n) is 3.95. The monoisotopic (exact) mass is 426 g/mol. The summed E-state index contributed by atoms with van der Waals surface area (Å²) >= 11 is 0. The summed E-state index contributed by atoms with van der Waals surface area (Å²) in [5.41, 5.74) is 5.90. The first-order chi connectivity index (χ1) is 15.6. The fraction of sp³-hybridized carbons (Fsp3) is 0.250. The van der Waals surface area contributed by atoms with Crippen LogP contribution in [0.25, 0.3) is 40.8 Å². The number of anilines is 1. The van der Waals surface area contributed by atoms with Gasteiger partial charge in [0.2, 0.25) is 0 Å². The van der Waals surface area contributed by atoms with Crippen LogP contribution >= 0.6 is 0 Å². The number of piperazine rings is 1. The predicted octanol–water partition coefficient (Wildman–Crippen LogP) is 1.79. The molecule has 2 N–H and O–H groups in total. The number of aromatic nitrogens is 6. The van der Waals surface area contributed by atoms with Crippen LogP contribution in [0.1, 0.15) is 12.5 Å². The summed E-state index contributed by atoms with van der Waals surface area (Å²) in [5.74, 6) is 0.722. The molecular weight excluding hydrogens is 400 g/mol. The molecule has 162 valence electrons. The molecule has 8 nitrogen and oxygen atoms in total. The van der Waals surface area contributed by atoms with E-state index in [0.717, 1.165) is 76.1 Å². The van der Waals surface area contributed by atoms with Crippen LogP contribution in [0.4, 0.5) is 5.69 Å². The van der Waals surface area contributed by atoms with Crippen molar-refractivity contribution >= 4 is 34.9 Å². The number of nitrogens with one attached hydrogen (secondary N) is 2. The third-order valence-corrected chi connectivity index (χ3v) is 5.97. The Balaban J connectivity index is 1.48. The molecule has 1 aromatic carbocycles. The molecule has 1 fully saturated rings. The van der Waals surface area contributed by atoms with E-state index < -0.39 is 0 Å². The maximum atomic E-state index is 4.91. The smallest absolute Gasteiger partial charge is 0.159 e. The molecule has 4 heterocycles. The second-order valence-electron chi connectivity index (χ2n) is 8.16. The van der Waals surface area contributed by atoms with Crippen molar-refractivity contribution in [2.45, 2.75) is 6.92 Å². The first kappa shape index (κ1) is 20.1. The number of rotatable bonds is 4. The van der Waals surface area contributed by atoms with Crippen LogP contribution in [-0.4, -0.2) is 68.3 Å². The molecule has 8 heteroatoms. The Bertz CT molecular complexity index is 1370. The highest BCUT2D eigenvalue weighted by atomic mass is 15.3. The number of hydrogen-bond donors (Lipinski definition) is 2. The molecule has 3 aromatic heterocycles. The van der Waals surface area contributed by atoms with Gasteiger partial charge in [0.05, 0.1) is 16.6 Å². The van der Waals surface area contributed by atoms with Crippen LogP contribution in [0.3, 0.4) is 0 Å². The van der Waals surface area contributed by atoms with Crippen LogP contribution < -0.4 is 15.5 Å². The van der Waals surface area contributed by atoms with E-state index in [1.807, 2.05) is 19.1 Å². The number of hydrogen-bond acceptors (Lipinski definition) is 6. The summed E-state index contributed by atoms with van der Waals surface area (Å²) in [6.45, 7) is 10.4. The number of imidazole rings is 1. The summed E-state index contributed by atoms with van der Waals surface area (Å²) in [6.07, 6.45) is 9.09. The molecule has 5 rings (SSSR count). The molecule has 32 heavy (non-hydrogen) atoms. The van der Waals surface area contributed by atoms with Gasteiger partial charge in [-0.3, -0.25) is 5.10 Å². The van der Waals surface area contributed by atoms with Gasteiger partial charge in [-0.25, -0.2) is 15.0 Å². The summed E-state index contributed by atoms with van der Waals surface area (Å²) in [4.78, 5) is 21.2. The molecule has 0 spiro atoms. The zero-order valence-corrected chi connectivity index (χ0v) is 18.3. The van der Waals surface area contributed by atoms with E-state index in [2.05, 4.69) is 66.8 Å². The minimum atomic E-state index is 0.722. The molecule has 1 saturated heterocycles. The van der Waals surface area contributed by atoms with E-state index in [-0.39, 0.29) is 0 Å². The number of allylic oxidation sites excluding steroid dienone is 2. The van der Waals surface area contributed by atoms with Gasteiger partial charge < -0.3 is 14.8 Å². The van der Waals surface area contributed by atoms with Crippen molar-refractivity contribution in [3.8, 4) is 11.5 Å². The van der Waals surface area contributed by atoms with E-state index in [0.29, 0.717) is 0 Å². The summed E-state index contributed by atoms with van der Waals surface area (Å²) in [6, 6.07) is 6.28. The Labute approximate surface area is 186 Å². The molecule has 0 amide bonds. The van der Waals surface area contributed by atoms with Crippen molar-refractivity contribution in [3.63, 3.8) is 0 Å². The van der Waals surface area contributed by atoms with Crippen LogP contribution in [0, 0.1) is 0 Å². The molecule has 0 radical (unpaired) electrons. The largest absolute Gasteiger partial charge is 0.367 e. The van der Waals surface area contributed by atoms with Crippen LogP contribution in [0.15, 0.2) is 43.0 Å². The van der Waals surface area contributed by atoms with Gasteiger partial charge in [-0.2, -0.15) is 5.10 Å². The van der Waals surface area contributed by atoms with Crippen molar-refractivity contribution in [3.05, 3.63) is 59.1 Å². The lowest BCUT2D eigenvalue weighted by molar-refractivity contribution is 0.313. The van der Waals surface area contributed by atoms with Gasteiger partial charge in [-0.15, -0.1) is 0 Å². The number of aromatic amines is 2. The lowest BCUT2D eigenvalue weighted by Gasteiger charge is -2.34. The number of nitrogens with zero attached hydrogens (tertiary/aromatic N) is 6. The highest BCUT2D eigenvalue weighted by Crippen LogP contribution is 2.27. The van der Waals surface area contributed by atoms with Gasteiger partial charge in [0.15, 0.2) is 5.82 Å². The van der Waals surface area contributed by atoms with Crippen LogP contribution in [-0.2, 0) is 0 Å². The van der Waals surface area contributed by atoms with Crippen molar-refractivity contribution in [2.75, 3.05) is 38.1 Å². The van der Waals surface area contributed by atoms with E-state index in [1.54, 1.807) is 12.4 Å². The molecule has 0 bridgehead atoms. The van der Waals surface area contributed by atoms with Gasteiger partial charge >= 0.3 is 0 Å². The van der Waals surface area contributed by atoms with Gasteiger partial charge in [0.25, 0.3) is 0 Å². The molecule has 1 aliphatic heterocycles. The highest BCUT2D eigenvalue weighted by Gasteiger charge is 2.19. The Hall–Kier alpha value is -3.78. The molecule has 0 saturated carbocycles. The van der Waals surface area contributed by atoms with E-state index >= 15 is 0 Å². The van der Waals surface area contributed by atoms with Gasteiger partial charge in [-0.1, -0.05) is 18.7 Å². The number of H-pyrrole nitrogens is 2. The van der Waals surface area contributed by atoms with Crippen LogP contribution in [0.5, 0.6) is 0 Å². The predicted molar refractivity (Wildman–Crippen MR) is 128 cm³/mol. The molecular formula is C24H26N8. The number of likely N-dealkylation sites (N-methyl/N-ethyl adjacent to an activating group) is 1. The Morgan fingerprint density at radius 3 is 2.69 bits per heavy atom. The minimum absolute atomic E-state index is 0.722.